The van der Waals surface area contributed by atoms with E-state index in [1.165, 1.54) is 12.8 Å². The molecule has 0 saturated carbocycles. The fourth-order valence-corrected chi connectivity index (χ4v) is 2.13. The predicted molar refractivity (Wildman–Crippen MR) is 64.3 cm³/mol. The summed E-state index contributed by atoms with van der Waals surface area (Å²) in [7, 11) is 0. The molecule has 0 aliphatic carbocycles. The van der Waals surface area contributed by atoms with Crippen LogP contribution in [0.15, 0.2) is 18.3 Å². The minimum Gasteiger partial charge on any atom is -0.356 e. The van der Waals surface area contributed by atoms with Gasteiger partial charge in [0.15, 0.2) is 0 Å². The van der Waals surface area contributed by atoms with E-state index in [1.807, 2.05) is 32.2 Å². The van der Waals surface area contributed by atoms with Crippen molar-refractivity contribution in [2.45, 2.75) is 32.1 Å². The highest BCUT2D eigenvalue weighted by Crippen LogP contribution is 2.31. The van der Waals surface area contributed by atoms with Gasteiger partial charge in [0.25, 0.3) is 0 Å². The summed E-state index contributed by atoms with van der Waals surface area (Å²) in [5, 5.41) is 9.22. The van der Waals surface area contributed by atoms with E-state index in [-0.39, 0.29) is 0 Å². The lowest BCUT2D eigenvalue weighted by molar-refractivity contribution is 0.677. The van der Waals surface area contributed by atoms with Crippen LogP contribution in [0.2, 0.25) is 0 Å². The molecule has 3 nitrogen and oxygen atoms in total. The summed E-state index contributed by atoms with van der Waals surface area (Å²) >= 11 is 0. The van der Waals surface area contributed by atoms with Gasteiger partial charge in [0.2, 0.25) is 0 Å². The van der Waals surface area contributed by atoms with E-state index in [1.54, 1.807) is 0 Å². The van der Waals surface area contributed by atoms with Crippen molar-refractivity contribution in [1.82, 2.24) is 4.98 Å². The van der Waals surface area contributed by atoms with Crippen molar-refractivity contribution in [3.05, 3.63) is 23.9 Å². The van der Waals surface area contributed by atoms with Gasteiger partial charge in [-0.1, -0.05) is 6.07 Å². The molecule has 3 heteroatoms. The smallest absolute Gasteiger partial charge is 0.133 e. The molecular weight excluding hydrogens is 198 g/mol. The average Bonchev–Trinajstić information content (AvgIpc) is 2.82. The summed E-state index contributed by atoms with van der Waals surface area (Å²) in [5.41, 5.74) is 0.575. The number of nitrogens with zero attached hydrogens (tertiary/aromatic N) is 3. The fraction of sp³-hybridized carbons (Fsp3) is 0.538. The standard InChI is InChI=1S/C13H17N3/c1-13(2,10-14)11-6-5-7-15-12(11)16-8-3-4-9-16/h5-7H,3-4,8-9H2,1-2H3. The van der Waals surface area contributed by atoms with Crippen LogP contribution in [-0.4, -0.2) is 18.1 Å². The van der Waals surface area contributed by atoms with Crippen molar-refractivity contribution in [3.8, 4) is 6.07 Å². The van der Waals surface area contributed by atoms with E-state index >= 15 is 0 Å². The summed E-state index contributed by atoms with van der Waals surface area (Å²) in [4.78, 5) is 6.74. The highest BCUT2D eigenvalue weighted by atomic mass is 15.2. The normalized spacial score (nSPS) is 16.2. The first-order chi connectivity index (χ1) is 7.65. The van der Waals surface area contributed by atoms with Crippen LogP contribution in [0.1, 0.15) is 32.3 Å². The molecule has 1 aliphatic rings. The Morgan fingerprint density at radius 3 is 2.69 bits per heavy atom. The van der Waals surface area contributed by atoms with Crippen LogP contribution in [-0.2, 0) is 5.41 Å². The molecule has 1 aliphatic heterocycles. The van der Waals surface area contributed by atoms with E-state index in [0.717, 1.165) is 24.5 Å². The number of hydrogen-bond donors (Lipinski definition) is 0. The molecule has 2 rings (SSSR count). The maximum absolute atomic E-state index is 9.22. The SMILES string of the molecule is CC(C)(C#N)c1cccnc1N1CCCC1. The van der Waals surface area contributed by atoms with Crippen LogP contribution in [0.25, 0.3) is 0 Å². The van der Waals surface area contributed by atoms with Gasteiger partial charge in [0.05, 0.1) is 11.5 Å². The summed E-state index contributed by atoms with van der Waals surface area (Å²) in [5.74, 6) is 0.992. The molecule has 0 atom stereocenters. The Balaban J connectivity index is 2.42. The number of rotatable bonds is 2. The fourth-order valence-electron chi connectivity index (χ4n) is 2.13. The highest BCUT2D eigenvalue weighted by molar-refractivity contribution is 5.53. The van der Waals surface area contributed by atoms with E-state index in [9.17, 15) is 5.26 Å². The number of hydrogen-bond acceptors (Lipinski definition) is 3. The second-order valence-corrected chi connectivity index (χ2v) is 4.81. The third-order valence-corrected chi connectivity index (χ3v) is 3.15. The van der Waals surface area contributed by atoms with Gasteiger partial charge in [-0.25, -0.2) is 4.98 Å². The maximum Gasteiger partial charge on any atom is 0.133 e. The van der Waals surface area contributed by atoms with Crippen molar-refractivity contribution >= 4 is 5.82 Å². The lowest BCUT2D eigenvalue weighted by Crippen LogP contribution is -2.25. The molecule has 1 fully saturated rings. The molecule has 0 N–H and O–H groups in total. The van der Waals surface area contributed by atoms with Gasteiger partial charge in [0.1, 0.15) is 5.82 Å². The minimum absolute atomic E-state index is 0.466. The Morgan fingerprint density at radius 1 is 1.38 bits per heavy atom. The first-order valence-corrected chi connectivity index (χ1v) is 5.77. The lowest BCUT2D eigenvalue weighted by atomic mass is 9.86. The highest BCUT2D eigenvalue weighted by Gasteiger charge is 2.27. The zero-order valence-electron chi connectivity index (χ0n) is 9.90. The van der Waals surface area contributed by atoms with E-state index in [2.05, 4.69) is 16.0 Å². The van der Waals surface area contributed by atoms with Gasteiger partial charge >= 0.3 is 0 Å². The summed E-state index contributed by atoms with van der Waals surface area (Å²) in [6, 6.07) is 6.28. The van der Waals surface area contributed by atoms with Crippen LogP contribution in [0.3, 0.4) is 0 Å². The molecule has 0 aromatic carbocycles. The molecule has 0 unspecified atom stereocenters. The molecular formula is C13H17N3. The summed E-state index contributed by atoms with van der Waals surface area (Å²) in [6.45, 7) is 6.02. The molecule has 1 aromatic rings. The molecule has 0 spiro atoms. The molecule has 16 heavy (non-hydrogen) atoms. The maximum atomic E-state index is 9.22. The van der Waals surface area contributed by atoms with Gasteiger partial charge in [0, 0.05) is 24.8 Å². The first-order valence-electron chi connectivity index (χ1n) is 5.77. The third-order valence-electron chi connectivity index (χ3n) is 3.15. The molecule has 0 amide bonds. The van der Waals surface area contributed by atoms with Crippen LogP contribution in [0, 0.1) is 11.3 Å². The van der Waals surface area contributed by atoms with Gasteiger partial charge in [-0.15, -0.1) is 0 Å². The Kier molecular flexibility index (Phi) is 2.82. The lowest BCUT2D eigenvalue weighted by Gasteiger charge is -2.25. The Bertz CT molecular complexity index is 411. The first kappa shape index (κ1) is 10.9. The average molecular weight is 215 g/mol. The number of pyridine rings is 1. The molecule has 1 aromatic heterocycles. The second kappa shape index (κ2) is 4.13. The van der Waals surface area contributed by atoms with Crippen LogP contribution >= 0.6 is 0 Å². The van der Waals surface area contributed by atoms with Gasteiger partial charge in [-0.3, -0.25) is 0 Å². The Morgan fingerprint density at radius 2 is 2.06 bits per heavy atom. The Labute approximate surface area is 96.7 Å². The summed E-state index contributed by atoms with van der Waals surface area (Å²) < 4.78 is 0. The molecule has 1 saturated heterocycles. The quantitative estimate of drug-likeness (QED) is 0.761. The van der Waals surface area contributed by atoms with Crippen molar-refractivity contribution in [3.63, 3.8) is 0 Å². The molecule has 84 valence electrons. The van der Waals surface area contributed by atoms with Gasteiger partial charge in [-0.05, 0) is 32.8 Å². The largest absolute Gasteiger partial charge is 0.356 e. The van der Waals surface area contributed by atoms with Gasteiger partial charge in [-0.2, -0.15) is 5.26 Å². The van der Waals surface area contributed by atoms with Crippen LogP contribution in [0.4, 0.5) is 5.82 Å². The molecule has 0 radical (unpaired) electrons. The topological polar surface area (TPSA) is 39.9 Å². The Hall–Kier alpha value is -1.56. The van der Waals surface area contributed by atoms with Crippen molar-refractivity contribution in [2.24, 2.45) is 0 Å². The molecule has 0 bridgehead atoms. The predicted octanol–water partition coefficient (Wildman–Crippen LogP) is 2.48. The van der Waals surface area contributed by atoms with E-state index < -0.39 is 5.41 Å². The number of anilines is 1. The van der Waals surface area contributed by atoms with E-state index in [4.69, 9.17) is 0 Å². The third kappa shape index (κ3) is 1.88. The van der Waals surface area contributed by atoms with Crippen LogP contribution in [0.5, 0.6) is 0 Å². The molecule has 2 heterocycles. The van der Waals surface area contributed by atoms with Gasteiger partial charge < -0.3 is 4.90 Å². The monoisotopic (exact) mass is 215 g/mol. The minimum atomic E-state index is -0.466. The van der Waals surface area contributed by atoms with Crippen molar-refractivity contribution in [1.29, 1.82) is 5.26 Å². The number of nitriles is 1. The number of aromatic nitrogens is 1. The van der Waals surface area contributed by atoms with Crippen molar-refractivity contribution in [2.75, 3.05) is 18.0 Å². The van der Waals surface area contributed by atoms with Crippen LogP contribution < -0.4 is 4.90 Å². The zero-order chi connectivity index (χ0) is 11.6. The zero-order valence-corrected chi connectivity index (χ0v) is 9.90. The summed E-state index contributed by atoms with van der Waals surface area (Å²) in [6.07, 6.45) is 4.26. The van der Waals surface area contributed by atoms with E-state index in [0.29, 0.717) is 0 Å². The van der Waals surface area contributed by atoms with Crippen molar-refractivity contribution < 1.29 is 0 Å². The second-order valence-electron chi connectivity index (χ2n) is 4.81.